The highest BCUT2D eigenvalue weighted by Crippen LogP contribution is 2.09. The van der Waals surface area contributed by atoms with Crippen molar-refractivity contribution in [3.8, 4) is 0 Å². The van der Waals surface area contributed by atoms with Crippen LogP contribution in [0.3, 0.4) is 0 Å². The smallest absolute Gasteiger partial charge is 0.244 e. The maximum atomic E-state index is 11.8. The molecule has 0 radical (unpaired) electrons. The minimum Gasteiger partial charge on any atom is -0.348 e. The van der Waals surface area contributed by atoms with Crippen LogP contribution in [0.25, 0.3) is 6.08 Å². The molecule has 0 saturated carbocycles. The van der Waals surface area contributed by atoms with Gasteiger partial charge in [0.1, 0.15) is 0 Å². The molecular formula is C18H18N4OS. The van der Waals surface area contributed by atoms with Gasteiger partial charge in [-0.1, -0.05) is 30.3 Å². The van der Waals surface area contributed by atoms with Gasteiger partial charge in [-0.2, -0.15) is 5.10 Å². The Morgan fingerprint density at radius 3 is 2.88 bits per heavy atom. The van der Waals surface area contributed by atoms with Crippen LogP contribution in [0.5, 0.6) is 0 Å². The third-order valence-electron chi connectivity index (χ3n) is 3.38. The van der Waals surface area contributed by atoms with E-state index < -0.39 is 0 Å². The Bertz CT molecular complexity index is 836. The van der Waals surface area contributed by atoms with Crippen molar-refractivity contribution in [2.45, 2.75) is 20.0 Å². The summed E-state index contributed by atoms with van der Waals surface area (Å²) in [6.07, 6.45) is 6.94. The van der Waals surface area contributed by atoms with Crippen LogP contribution in [0.2, 0.25) is 0 Å². The van der Waals surface area contributed by atoms with E-state index in [2.05, 4.69) is 27.5 Å². The van der Waals surface area contributed by atoms with Crippen LogP contribution in [0.4, 0.5) is 0 Å². The second-order valence-corrected chi connectivity index (χ2v) is 6.44. The molecule has 0 atom stereocenters. The number of aromatic nitrogens is 3. The molecule has 0 aliphatic heterocycles. The van der Waals surface area contributed by atoms with Crippen LogP contribution in [-0.2, 0) is 17.9 Å². The van der Waals surface area contributed by atoms with E-state index in [1.54, 1.807) is 23.6 Å². The van der Waals surface area contributed by atoms with E-state index >= 15 is 0 Å². The number of aryl methyl sites for hydroxylation is 1. The lowest BCUT2D eigenvalue weighted by Crippen LogP contribution is -2.19. The molecular weight excluding hydrogens is 320 g/mol. The van der Waals surface area contributed by atoms with Crippen molar-refractivity contribution in [3.63, 3.8) is 0 Å². The fourth-order valence-corrected chi connectivity index (χ4v) is 2.80. The van der Waals surface area contributed by atoms with Crippen molar-refractivity contribution in [2.75, 3.05) is 0 Å². The van der Waals surface area contributed by atoms with Gasteiger partial charge in [0, 0.05) is 29.8 Å². The van der Waals surface area contributed by atoms with Gasteiger partial charge in [-0.15, -0.1) is 11.3 Å². The first-order valence-electron chi connectivity index (χ1n) is 7.62. The zero-order valence-electron chi connectivity index (χ0n) is 13.3. The summed E-state index contributed by atoms with van der Waals surface area (Å²) in [4.78, 5) is 16.1. The number of amides is 1. The number of benzene rings is 1. The van der Waals surface area contributed by atoms with E-state index in [0.717, 1.165) is 22.8 Å². The monoisotopic (exact) mass is 338 g/mol. The van der Waals surface area contributed by atoms with Gasteiger partial charge in [0.2, 0.25) is 5.91 Å². The predicted octanol–water partition coefficient (Wildman–Crippen LogP) is 3.03. The lowest BCUT2D eigenvalue weighted by Gasteiger charge is -2.01. The fourth-order valence-electron chi connectivity index (χ4n) is 2.22. The molecule has 0 saturated heterocycles. The molecule has 5 nitrogen and oxygen atoms in total. The number of hydrogen-bond acceptors (Lipinski definition) is 4. The van der Waals surface area contributed by atoms with Crippen molar-refractivity contribution in [1.82, 2.24) is 20.1 Å². The second kappa shape index (κ2) is 7.70. The van der Waals surface area contributed by atoms with Crippen molar-refractivity contribution in [3.05, 3.63) is 76.0 Å². The van der Waals surface area contributed by atoms with Crippen molar-refractivity contribution in [2.24, 2.45) is 0 Å². The summed E-state index contributed by atoms with van der Waals surface area (Å²) in [5.41, 5.74) is 2.97. The lowest BCUT2D eigenvalue weighted by molar-refractivity contribution is -0.116. The maximum Gasteiger partial charge on any atom is 0.244 e. The van der Waals surface area contributed by atoms with Gasteiger partial charge >= 0.3 is 0 Å². The van der Waals surface area contributed by atoms with Gasteiger partial charge in [-0.3, -0.25) is 9.48 Å². The summed E-state index contributed by atoms with van der Waals surface area (Å²) in [6.45, 7) is 3.11. The number of thiazole rings is 1. The number of nitrogens with zero attached hydrogens (tertiary/aromatic N) is 3. The Morgan fingerprint density at radius 1 is 1.29 bits per heavy atom. The van der Waals surface area contributed by atoms with E-state index in [9.17, 15) is 4.79 Å². The Balaban J connectivity index is 1.50. The van der Waals surface area contributed by atoms with E-state index in [1.807, 2.05) is 41.4 Å². The SMILES string of the molecule is Cc1nc(C=CC(=O)NCc2cnn(Cc3ccccc3)c2)cs1. The van der Waals surface area contributed by atoms with Crippen LogP contribution in [-0.4, -0.2) is 20.7 Å². The molecule has 0 aliphatic rings. The molecule has 2 heterocycles. The molecule has 0 spiro atoms. The summed E-state index contributed by atoms with van der Waals surface area (Å²) in [5, 5.41) is 10.1. The largest absolute Gasteiger partial charge is 0.348 e. The van der Waals surface area contributed by atoms with Crippen LogP contribution >= 0.6 is 11.3 Å². The average molecular weight is 338 g/mol. The summed E-state index contributed by atoms with van der Waals surface area (Å²) in [5.74, 6) is -0.142. The Labute approximate surface area is 144 Å². The summed E-state index contributed by atoms with van der Waals surface area (Å²) in [6, 6.07) is 10.1. The molecule has 2 aromatic heterocycles. The van der Waals surface area contributed by atoms with Crippen LogP contribution < -0.4 is 5.32 Å². The highest BCUT2D eigenvalue weighted by atomic mass is 32.1. The third kappa shape index (κ3) is 4.63. The molecule has 0 fully saturated rings. The maximum absolute atomic E-state index is 11.8. The van der Waals surface area contributed by atoms with Gasteiger partial charge in [0.15, 0.2) is 0 Å². The molecule has 6 heteroatoms. The van der Waals surface area contributed by atoms with Gasteiger partial charge in [-0.05, 0) is 18.6 Å². The van der Waals surface area contributed by atoms with Gasteiger partial charge in [-0.25, -0.2) is 4.98 Å². The topological polar surface area (TPSA) is 59.8 Å². The number of hydrogen-bond donors (Lipinski definition) is 1. The van der Waals surface area contributed by atoms with E-state index in [4.69, 9.17) is 0 Å². The number of carbonyl (C=O) groups is 1. The van der Waals surface area contributed by atoms with Crippen LogP contribution in [0, 0.1) is 6.92 Å². The Morgan fingerprint density at radius 2 is 2.12 bits per heavy atom. The molecule has 3 aromatic rings. The molecule has 1 aromatic carbocycles. The highest BCUT2D eigenvalue weighted by Gasteiger charge is 2.02. The number of rotatable bonds is 6. The molecule has 0 unspecified atom stereocenters. The number of nitrogens with one attached hydrogen (secondary N) is 1. The molecule has 0 bridgehead atoms. The van der Waals surface area contributed by atoms with Gasteiger partial charge in [0.05, 0.1) is 23.4 Å². The first-order valence-corrected chi connectivity index (χ1v) is 8.50. The first kappa shape index (κ1) is 16.1. The lowest BCUT2D eigenvalue weighted by atomic mass is 10.2. The van der Waals surface area contributed by atoms with Gasteiger partial charge in [0.25, 0.3) is 0 Å². The highest BCUT2D eigenvalue weighted by molar-refractivity contribution is 7.09. The summed E-state index contributed by atoms with van der Waals surface area (Å²) < 4.78 is 1.87. The molecule has 24 heavy (non-hydrogen) atoms. The standard InChI is InChI=1S/C18H18N4OS/c1-14-21-17(13-24-14)7-8-18(23)19-9-16-10-20-22(12-16)11-15-5-3-2-4-6-15/h2-8,10,12-13H,9,11H2,1H3,(H,19,23). The Kier molecular flexibility index (Phi) is 5.18. The normalized spacial score (nSPS) is 11.0. The minimum atomic E-state index is -0.142. The molecule has 0 aliphatic carbocycles. The fraction of sp³-hybridized carbons (Fsp3) is 0.167. The zero-order chi connectivity index (χ0) is 16.8. The number of carbonyl (C=O) groups excluding carboxylic acids is 1. The quantitative estimate of drug-likeness (QED) is 0.703. The predicted molar refractivity (Wildman–Crippen MR) is 95.5 cm³/mol. The van der Waals surface area contributed by atoms with Gasteiger partial charge < -0.3 is 5.32 Å². The van der Waals surface area contributed by atoms with Crippen LogP contribution in [0.1, 0.15) is 21.8 Å². The molecule has 1 N–H and O–H groups in total. The second-order valence-electron chi connectivity index (χ2n) is 5.37. The van der Waals surface area contributed by atoms with E-state index in [-0.39, 0.29) is 5.91 Å². The third-order valence-corrected chi connectivity index (χ3v) is 4.17. The Hall–Kier alpha value is -2.73. The average Bonchev–Trinajstić information content (AvgIpc) is 3.21. The molecule has 1 amide bonds. The molecule has 3 rings (SSSR count). The van der Waals surface area contributed by atoms with Crippen molar-refractivity contribution in [1.29, 1.82) is 0 Å². The summed E-state index contributed by atoms with van der Waals surface area (Å²) in [7, 11) is 0. The van der Waals surface area contributed by atoms with Crippen LogP contribution in [0.15, 0.2) is 54.2 Å². The van der Waals surface area contributed by atoms with Crippen molar-refractivity contribution >= 4 is 23.3 Å². The summed E-state index contributed by atoms with van der Waals surface area (Å²) >= 11 is 1.56. The zero-order valence-corrected chi connectivity index (χ0v) is 14.2. The van der Waals surface area contributed by atoms with E-state index in [0.29, 0.717) is 6.54 Å². The van der Waals surface area contributed by atoms with E-state index in [1.165, 1.54) is 11.6 Å². The first-order chi connectivity index (χ1) is 11.7. The molecule has 122 valence electrons. The minimum absolute atomic E-state index is 0.142. The van der Waals surface area contributed by atoms with Crippen molar-refractivity contribution < 1.29 is 4.79 Å².